The number of benzene rings is 1. The molecule has 0 atom stereocenters. The van der Waals surface area contributed by atoms with Gasteiger partial charge >= 0.3 is 6.18 Å². The lowest BCUT2D eigenvalue weighted by atomic mass is 10.1. The predicted octanol–water partition coefficient (Wildman–Crippen LogP) is 1.53. The van der Waals surface area contributed by atoms with Gasteiger partial charge in [-0.2, -0.15) is 13.2 Å². The van der Waals surface area contributed by atoms with Gasteiger partial charge in [-0.15, -0.1) is 0 Å². The van der Waals surface area contributed by atoms with Gasteiger partial charge in [0.15, 0.2) is 5.43 Å². The van der Waals surface area contributed by atoms with E-state index in [0.717, 1.165) is 0 Å². The molecule has 0 bridgehead atoms. The summed E-state index contributed by atoms with van der Waals surface area (Å²) in [7, 11) is 0. The number of aromatic nitrogens is 1. The molecule has 106 valence electrons. The van der Waals surface area contributed by atoms with Crippen LogP contribution in [0.15, 0.2) is 29.2 Å². The summed E-state index contributed by atoms with van der Waals surface area (Å²) in [5, 5.41) is 10.8. The van der Waals surface area contributed by atoms with Gasteiger partial charge in [-0.05, 0) is 40.8 Å². The Morgan fingerprint density at radius 1 is 1.35 bits per heavy atom. The summed E-state index contributed by atoms with van der Waals surface area (Å²) < 4.78 is 38.9. The van der Waals surface area contributed by atoms with E-state index in [2.05, 4.69) is 0 Å². The molecule has 0 amide bonds. The summed E-state index contributed by atoms with van der Waals surface area (Å²) in [5.41, 5.74) is -1.61. The van der Waals surface area contributed by atoms with Crippen molar-refractivity contribution >= 4 is 39.5 Å². The fraction of sp³-hybridized carbons (Fsp3) is 0.167. The quantitative estimate of drug-likeness (QED) is 0.724. The van der Waals surface area contributed by atoms with Gasteiger partial charge in [0, 0.05) is 15.2 Å². The number of carbonyl (C=O) groups excluding carboxylic acids is 1. The van der Waals surface area contributed by atoms with Gasteiger partial charge < -0.3 is 14.5 Å². The van der Waals surface area contributed by atoms with E-state index in [0.29, 0.717) is 14.3 Å². The molecule has 0 saturated heterocycles. The summed E-state index contributed by atoms with van der Waals surface area (Å²) in [6.07, 6.45) is -3.87. The number of nitrogens with zero attached hydrogens (tertiary/aromatic N) is 1. The zero-order chi connectivity index (χ0) is 15.1. The molecule has 0 N–H and O–H groups in total. The number of pyridine rings is 1. The first kappa shape index (κ1) is 14.8. The van der Waals surface area contributed by atoms with Crippen LogP contribution >= 0.6 is 22.6 Å². The van der Waals surface area contributed by atoms with Crippen LogP contribution in [-0.2, 0) is 6.54 Å². The number of carboxylic acids is 1. The van der Waals surface area contributed by atoms with E-state index in [1.54, 1.807) is 0 Å². The molecule has 8 heteroatoms. The van der Waals surface area contributed by atoms with Crippen molar-refractivity contribution < 1.29 is 23.1 Å². The van der Waals surface area contributed by atoms with Crippen LogP contribution in [0.1, 0.15) is 10.4 Å². The molecule has 0 aliphatic rings. The number of hydrogen-bond donors (Lipinski definition) is 0. The molecule has 2 aromatic rings. The van der Waals surface area contributed by atoms with Crippen molar-refractivity contribution in [2.24, 2.45) is 0 Å². The minimum absolute atomic E-state index is 0.0317. The van der Waals surface area contributed by atoms with Crippen molar-refractivity contribution in [3.8, 4) is 0 Å². The molecule has 20 heavy (non-hydrogen) atoms. The largest absolute Gasteiger partial charge is 0.545 e. The van der Waals surface area contributed by atoms with Crippen LogP contribution in [0.5, 0.6) is 0 Å². The monoisotopic (exact) mass is 396 g/mol. The van der Waals surface area contributed by atoms with Crippen LogP contribution in [0.2, 0.25) is 0 Å². The van der Waals surface area contributed by atoms with Gasteiger partial charge in [-0.25, -0.2) is 0 Å². The summed E-state index contributed by atoms with van der Waals surface area (Å²) in [6, 6.07) is 4.21. The van der Waals surface area contributed by atoms with Crippen LogP contribution in [0.3, 0.4) is 0 Å². The first-order valence-electron chi connectivity index (χ1n) is 5.30. The summed E-state index contributed by atoms with van der Waals surface area (Å²) in [6.45, 7) is -1.38. The first-order chi connectivity index (χ1) is 9.19. The Bertz CT molecular complexity index is 752. The molecule has 1 aromatic heterocycles. The number of fused-ring (bicyclic) bond motifs is 1. The zero-order valence-electron chi connectivity index (χ0n) is 9.70. The number of aromatic carboxylic acids is 1. The van der Waals surface area contributed by atoms with E-state index in [-0.39, 0.29) is 10.9 Å². The van der Waals surface area contributed by atoms with Crippen LogP contribution in [0.4, 0.5) is 13.2 Å². The lowest BCUT2D eigenvalue weighted by molar-refractivity contribution is -0.255. The molecule has 0 fully saturated rings. The highest BCUT2D eigenvalue weighted by atomic mass is 127. The predicted molar refractivity (Wildman–Crippen MR) is 71.3 cm³/mol. The summed E-state index contributed by atoms with van der Waals surface area (Å²) >= 11 is 1.89. The third kappa shape index (κ3) is 2.94. The van der Waals surface area contributed by atoms with Gasteiger partial charge in [0.1, 0.15) is 6.54 Å². The SMILES string of the molecule is O=C([O-])c1cn(CC(F)(F)F)c2cc(I)ccc2c1=O. The molecular formula is C12H6F3INO3-. The van der Waals surface area contributed by atoms with Gasteiger partial charge in [0.25, 0.3) is 0 Å². The average molecular weight is 396 g/mol. The molecule has 0 aliphatic heterocycles. The molecule has 0 radical (unpaired) electrons. The Labute approximate surface area is 124 Å². The van der Waals surface area contributed by atoms with Crippen molar-refractivity contribution in [1.29, 1.82) is 0 Å². The fourth-order valence-electron chi connectivity index (χ4n) is 1.83. The minimum atomic E-state index is -4.54. The highest BCUT2D eigenvalue weighted by Gasteiger charge is 2.28. The molecule has 1 heterocycles. The van der Waals surface area contributed by atoms with Crippen molar-refractivity contribution in [2.45, 2.75) is 12.7 Å². The van der Waals surface area contributed by atoms with Crippen molar-refractivity contribution in [1.82, 2.24) is 4.57 Å². The molecule has 0 spiro atoms. The third-order valence-electron chi connectivity index (χ3n) is 2.61. The molecule has 2 rings (SSSR count). The Morgan fingerprint density at radius 3 is 2.55 bits per heavy atom. The number of hydrogen-bond acceptors (Lipinski definition) is 3. The van der Waals surface area contributed by atoms with E-state index in [4.69, 9.17) is 0 Å². The van der Waals surface area contributed by atoms with Crippen molar-refractivity contribution in [3.05, 3.63) is 43.8 Å². The van der Waals surface area contributed by atoms with E-state index in [1.165, 1.54) is 18.2 Å². The maximum atomic E-state index is 12.5. The second-order valence-corrected chi connectivity index (χ2v) is 5.31. The van der Waals surface area contributed by atoms with E-state index >= 15 is 0 Å². The lowest BCUT2D eigenvalue weighted by Gasteiger charge is -2.15. The van der Waals surface area contributed by atoms with Gasteiger partial charge in [-0.1, -0.05) is 0 Å². The Hall–Kier alpha value is -1.58. The third-order valence-corrected chi connectivity index (χ3v) is 3.28. The van der Waals surface area contributed by atoms with Gasteiger partial charge in [0.2, 0.25) is 0 Å². The van der Waals surface area contributed by atoms with Crippen LogP contribution in [-0.4, -0.2) is 16.7 Å². The topological polar surface area (TPSA) is 62.1 Å². The number of halogens is 4. The minimum Gasteiger partial charge on any atom is -0.545 e. The molecule has 4 nitrogen and oxygen atoms in total. The normalized spacial score (nSPS) is 11.8. The van der Waals surface area contributed by atoms with E-state index < -0.39 is 29.7 Å². The molecule has 0 saturated carbocycles. The summed E-state index contributed by atoms with van der Waals surface area (Å²) in [4.78, 5) is 22.7. The number of rotatable bonds is 2. The number of carbonyl (C=O) groups is 1. The smallest absolute Gasteiger partial charge is 0.406 e. The molecular weight excluding hydrogens is 390 g/mol. The Morgan fingerprint density at radius 2 is 2.00 bits per heavy atom. The average Bonchev–Trinajstić information content (AvgIpc) is 2.30. The van der Waals surface area contributed by atoms with Gasteiger partial charge in [-0.3, -0.25) is 4.79 Å². The zero-order valence-corrected chi connectivity index (χ0v) is 11.9. The fourth-order valence-corrected chi connectivity index (χ4v) is 2.31. The number of alkyl halides is 3. The van der Waals surface area contributed by atoms with Crippen LogP contribution in [0, 0.1) is 3.57 Å². The molecule has 0 aliphatic carbocycles. The van der Waals surface area contributed by atoms with Crippen LogP contribution in [0.25, 0.3) is 10.9 Å². The second kappa shape index (κ2) is 5.08. The van der Waals surface area contributed by atoms with E-state index in [9.17, 15) is 27.9 Å². The highest BCUT2D eigenvalue weighted by molar-refractivity contribution is 14.1. The van der Waals surface area contributed by atoms with Crippen molar-refractivity contribution in [2.75, 3.05) is 0 Å². The lowest BCUT2D eigenvalue weighted by Crippen LogP contribution is -2.31. The first-order valence-corrected chi connectivity index (χ1v) is 6.38. The van der Waals surface area contributed by atoms with E-state index in [1.807, 2.05) is 22.6 Å². The maximum Gasteiger partial charge on any atom is 0.406 e. The maximum absolute atomic E-state index is 12.5. The highest BCUT2D eigenvalue weighted by Crippen LogP contribution is 2.22. The Kier molecular flexibility index (Phi) is 3.76. The van der Waals surface area contributed by atoms with Gasteiger partial charge in [0.05, 0.1) is 17.0 Å². The number of carboxylic acid groups (broad SMARTS) is 1. The Balaban J connectivity index is 2.83. The summed E-state index contributed by atoms with van der Waals surface area (Å²) in [5.74, 6) is -1.80. The molecule has 1 aromatic carbocycles. The molecule has 0 unspecified atom stereocenters. The van der Waals surface area contributed by atoms with Crippen LogP contribution < -0.4 is 10.5 Å². The standard InChI is InChI=1S/C12H7F3INO3/c13-12(14,15)5-17-4-8(11(19)20)10(18)7-2-1-6(16)3-9(7)17/h1-4H,5H2,(H,19,20)/p-1. The van der Waals surface area contributed by atoms with Crippen molar-refractivity contribution in [3.63, 3.8) is 0 Å². The second-order valence-electron chi connectivity index (χ2n) is 4.06.